The fourth-order valence-electron chi connectivity index (χ4n) is 3.49. The van der Waals surface area contributed by atoms with E-state index in [0.29, 0.717) is 26.6 Å². The quantitative estimate of drug-likeness (QED) is 0.290. The fraction of sp³-hybridized carbons (Fsp3) is 0.154. The predicted molar refractivity (Wildman–Crippen MR) is 135 cm³/mol. The summed E-state index contributed by atoms with van der Waals surface area (Å²) in [6.45, 7) is 2.44. The number of nitrogens with one attached hydrogen (secondary N) is 1. The molecule has 1 heterocycles. The van der Waals surface area contributed by atoms with Crippen LogP contribution in [-0.4, -0.2) is 23.9 Å². The van der Waals surface area contributed by atoms with Gasteiger partial charge in [-0.1, -0.05) is 59.6 Å². The molecule has 1 aliphatic heterocycles. The molecule has 0 atom stereocenters. The van der Waals surface area contributed by atoms with E-state index in [1.165, 1.54) is 12.0 Å². The van der Waals surface area contributed by atoms with Gasteiger partial charge in [0.25, 0.3) is 5.91 Å². The second kappa shape index (κ2) is 10.3. The molecule has 0 radical (unpaired) electrons. The molecule has 174 valence electrons. The molecule has 6 nitrogen and oxygen atoms in total. The van der Waals surface area contributed by atoms with Gasteiger partial charge in [-0.2, -0.15) is 0 Å². The first kappa shape index (κ1) is 23.9. The highest BCUT2D eigenvalue weighted by Gasteiger charge is 2.33. The standard InChI is InChI=1S/C26H22BrClN2O4/c1-16-7-9-17(10-8-16)14-30-25(31)22(29-26(30)32)12-18-11-20(27)24(23(13-18)33-2)34-15-19-5-3-4-6-21(19)28/h3-13H,14-15H2,1-2H3,(H,29,32)/b22-12-. The average molecular weight is 542 g/mol. The molecular weight excluding hydrogens is 520 g/mol. The lowest BCUT2D eigenvalue weighted by Crippen LogP contribution is -2.30. The molecule has 0 unspecified atom stereocenters. The maximum atomic E-state index is 12.9. The SMILES string of the molecule is COc1cc(/C=C2\NC(=O)N(Cc3ccc(C)cc3)C2=O)cc(Br)c1OCc1ccccc1Cl. The Kier molecular flexibility index (Phi) is 7.24. The van der Waals surface area contributed by atoms with Crippen LogP contribution in [0.3, 0.4) is 0 Å². The number of benzene rings is 3. The van der Waals surface area contributed by atoms with Gasteiger partial charge in [-0.3, -0.25) is 9.69 Å². The first-order valence-corrected chi connectivity index (χ1v) is 11.7. The van der Waals surface area contributed by atoms with Gasteiger partial charge in [0.15, 0.2) is 11.5 Å². The van der Waals surface area contributed by atoms with Gasteiger partial charge in [0.05, 0.1) is 18.1 Å². The zero-order chi connectivity index (χ0) is 24.2. The van der Waals surface area contributed by atoms with E-state index < -0.39 is 6.03 Å². The van der Waals surface area contributed by atoms with Crippen molar-refractivity contribution in [2.45, 2.75) is 20.1 Å². The maximum Gasteiger partial charge on any atom is 0.329 e. The van der Waals surface area contributed by atoms with Crippen molar-refractivity contribution >= 4 is 45.5 Å². The molecule has 1 fully saturated rings. The van der Waals surface area contributed by atoms with Crippen molar-refractivity contribution in [3.63, 3.8) is 0 Å². The highest BCUT2D eigenvalue weighted by atomic mass is 79.9. The minimum Gasteiger partial charge on any atom is -0.493 e. The van der Waals surface area contributed by atoms with Crippen molar-refractivity contribution in [3.05, 3.63) is 98.1 Å². The number of rotatable bonds is 7. The molecule has 3 amide bonds. The Morgan fingerprint density at radius 1 is 1.09 bits per heavy atom. The van der Waals surface area contributed by atoms with Crippen molar-refractivity contribution in [1.82, 2.24) is 10.2 Å². The second-order valence-corrected chi connectivity index (χ2v) is 9.04. The third kappa shape index (κ3) is 5.26. The van der Waals surface area contributed by atoms with Crippen LogP contribution in [0.25, 0.3) is 6.08 Å². The van der Waals surface area contributed by atoms with Gasteiger partial charge in [0, 0.05) is 10.6 Å². The summed E-state index contributed by atoms with van der Waals surface area (Å²) in [4.78, 5) is 26.5. The van der Waals surface area contributed by atoms with Crippen molar-refractivity contribution in [2.75, 3.05) is 7.11 Å². The second-order valence-electron chi connectivity index (χ2n) is 7.78. The van der Waals surface area contributed by atoms with Gasteiger partial charge in [-0.25, -0.2) is 4.79 Å². The molecule has 0 spiro atoms. The molecule has 0 aliphatic carbocycles. The lowest BCUT2D eigenvalue weighted by molar-refractivity contribution is -0.123. The van der Waals surface area contributed by atoms with Crippen LogP contribution >= 0.6 is 27.5 Å². The number of urea groups is 1. The minimum atomic E-state index is -0.456. The van der Waals surface area contributed by atoms with E-state index >= 15 is 0 Å². The number of methoxy groups -OCH3 is 1. The molecule has 0 aromatic heterocycles. The molecule has 1 aliphatic rings. The van der Waals surface area contributed by atoms with E-state index in [4.69, 9.17) is 21.1 Å². The lowest BCUT2D eigenvalue weighted by atomic mass is 10.1. The highest BCUT2D eigenvalue weighted by molar-refractivity contribution is 9.10. The van der Waals surface area contributed by atoms with E-state index in [-0.39, 0.29) is 24.8 Å². The Morgan fingerprint density at radius 3 is 2.53 bits per heavy atom. The number of halogens is 2. The predicted octanol–water partition coefficient (Wildman–Crippen LogP) is 6.09. The zero-order valence-electron chi connectivity index (χ0n) is 18.6. The van der Waals surface area contributed by atoms with Gasteiger partial charge >= 0.3 is 6.03 Å². The topological polar surface area (TPSA) is 67.9 Å². The van der Waals surface area contributed by atoms with Crippen LogP contribution in [0, 0.1) is 6.92 Å². The third-order valence-electron chi connectivity index (χ3n) is 5.32. The number of imide groups is 1. The van der Waals surface area contributed by atoms with E-state index in [9.17, 15) is 9.59 Å². The summed E-state index contributed by atoms with van der Waals surface area (Å²) in [5.41, 5.74) is 3.68. The summed E-state index contributed by atoms with van der Waals surface area (Å²) >= 11 is 9.74. The molecule has 1 saturated heterocycles. The van der Waals surface area contributed by atoms with Gasteiger partial charge in [0.2, 0.25) is 0 Å². The van der Waals surface area contributed by atoms with Crippen molar-refractivity contribution in [2.24, 2.45) is 0 Å². The number of hydrogen-bond donors (Lipinski definition) is 1. The fourth-order valence-corrected chi connectivity index (χ4v) is 4.25. The van der Waals surface area contributed by atoms with Crippen LogP contribution in [0.1, 0.15) is 22.3 Å². The third-order valence-corrected chi connectivity index (χ3v) is 6.27. The van der Waals surface area contributed by atoms with E-state index in [0.717, 1.165) is 16.7 Å². The molecule has 3 aromatic carbocycles. The van der Waals surface area contributed by atoms with Crippen LogP contribution in [0.5, 0.6) is 11.5 Å². The van der Waals surface area contributed by atoms with Crippen molar-refractivity contribution in [1.29, 1.82) is 0 Å². The molecular formula is C26H22BrClN2O4. The van der Waals surface area contributed by atoms with Gasteiger partial charge in [0.1, 0.15) is 12.3 Å². The van der Waals surface area contributed by atoms with E-state index in [2.05, 4.69) is 21.2 Å². The number of carbonyl (C=O) groups is 2. The zero-order valence-corrected chi connectivity index (χ0v) is 20.9. The molecule has 34 heavy (non-hydrogen) atoms. The lowest BCUT2D eigenvalue weighted by Gasteiger charge is -2.14. The van der Waals surface area contributed by atoms with Crippen LogP contribution in [-0.2, 0) is 17.9 Å². The van der Waals surface area contributed by atoms with Crippen LogP contribution in [0.4, 0.5) is 4.79 Å². The van der Waals surface area contributed by atoms with Gasteiger partial charge in [-0.05, 0) is 58.3 Å². The highest BCUT2D eigenvalue weighted by Crippen LogP contribution is 2.38. The van der Waals surface area contributed by atoms with E-state index in [1.54, 1.807) is 24.3 Å². The minimum absolute atomic E-state index is 0.191. The number of ether oxygens (including phenoxy) is 2. The number of hydrogen-bond acceptors (Lipinski definition) is 4. The largest absolute Gasteiger partial charge is 0.493 e. The summed E-state index contributed by atoms with van der Waals surface area (Å²) in [6, 6.07) is 18.2. The Hall–Kier alpha value is -3.29. The Morgan fingerprint density at radius 2 is 1.82 bits per heavy atom. The Balaban J connectivity index is 1.53. The number of amides is 3. The average Bonchev–Trinajstić information content (AvgIpc) is 3.07. The van der Waals surface area contributed by atoms with Gasteiger partial charge in [-0.15, -0.1) is 0 Å². The van der Waals surface area contributed by atoms with E-state index in [1.807, 2.05) is 49.4 Å². The molecule has 0 saturated carbocycles. The Bertz CT molecular complexity index is 1270. The van der Waals surface area contributed by atoms with Crippen LogP contribution in [0.2, 0.25) is 5.02 Å². The molecule has 3 aromatic rings. The summed E-state index contributed by atoms with van der Waals surface area (Å²) in [7, 11) is 1.53. The van der Waals surface area contributed by atoms with Crippen molar-refractivity contribution < 1.29 is 19.1 Å². The summed E-state index contributed by atoms with van der Waals surface area (Å²) < 4.78 is 12.1. The summed E-state index contributed by atoms with van der Waals surface area (Å²) in [6.07, 6.45) is 1.61. The smallest absolute Gasteiger partial charge is 0.329 e. The summed E-state index contributed by atoms with van der Waals surface area (Å²) in [5.74, 6) is 0.591. The molecule has 4 rings (SSSR count). The molecule has 1 N–H and O–H groups in total. The number of aryl methyl sites for hydroxylation is 1. The maximum absolute atomic E-state index is 12.9. The first-order chi connectivity index (χ1) is 16.4. The number of nitrogens with zero attached hydrogens (tertiary/aromatic N) is 1. The van der Waals surface area contributed by atoms with Gasteiger partial charge < -0.3 is 14.8 Å². The summed E-state index contributed by atoms with van der Waals surface area (Å²) in [5, 5.41) is 3.27. The normalized spacial score (nSPS) is 14.5. The molecule has 0 bridgehead atoms. The Labute approximate surface area is 211 Å². The molecule has 8 heteroatoms. The van der Waals surface area contributed by atoms with Crippen molar-refractivity contribution in [3.8, 4) is 11.5 Å². The van der Waals surface area contributed by atoms with Crippen LogP contribution in [0.15, 0.2) is 70.8 Å². The monoisotopic (exact) mass is 540 g/mol. The van der Waals surface area contributed by atoms with Crippen LogP contribution < -0.4 is 14.8 Å². The number of carbonyl (C=O) groups excluding carboxylic acids is 2. The first-order valence-electron chi connectivity index (χ1n) is 10.5.